The van der Waals surface area contributed by atoms with Crippen molar-refractivity contribution in [1.29, 1.82) is 0 Å². The number of hydrogen-bond acceptors (Lipinski definition) is 4. The number of urea groups is 1. The maximum absolute atomic E-state index is 12.8. The second-order valence-corrected chi connectivity index (χ2v) is 7.27. The van der Waals surface area contributed by atoms with Crippen molar-refractivity contribution in [3.63, 3.8) is 0 Å². The van der Waals surface area contributed by atoms with E-state index < -0.39 is 6.03 Å². The summed E-state index contributed by atoms with van der Waals surface area (Å²) < 4.78 is 5.98. The van der Waals surface area contributed by atoms with Crippen LogP contribution in [0.15, 0.2) is 24.3 Å². The molecule has 3 aliphatic heterocycles. The molecule has 1 aromatic rings. The van der Waals surface area contributed by atoms with Crippen LogP contribution in [0.2, 0.25) is 0 Å². The Morgan fingerprint density at radius 1 is 1.04 bits per heavy atom. The van der Waals surface area contributed by atoms with Crippen LogP contribution in [0.25, 0.3) is 0 Å². The summed E-state index contributed by atoms with van der Waals surface area (Å²) in [6.07, 6.45) is 5.09. The monoisotopic (exact) mass is 357 g/mol. The number of anilines is 1. The topological polar surface area (TPSA) is 79.0 Å². The third kappa shape index (κ3) is 3.19. The zero-order chi connectivity index (χ0) is 18.1. The van der Waals surface area contributed by atoms with E-state index in [1.807, 2.05) is 4.90 Å². The number of nitrogens with one attached hydrogen (secondary N) is 1. The van der Waals surface area contributed by atoms with Crippen LogP contribution in [-0.2, 0) is 9.53 Å². The predicted octanol–water partition coefficient (Wildman–Crippen LogP) is 1.92. The van der Waals surface area contributed by atoms with Gasteiger partial charge in [-0.15, -0.1) is 0 Å². The first kappa shape index (κ1) is 17.0. The lowest BCUT2D eigenvalue weighted by molar-refractivity contribution is -0.117. The number of rotatable bonds is 2. The molecule has 3 saturated heterocycles. The molecule has 3 heterocycles. The minimum atomic E-state index is -0.427. The van der Waals surface area contributed by atoms with Gasteiger partial charge in [0.05, 0.1) is 5.60 Å². The van der Waals surface area contributed by atoms with Crippen LogP contribution in [0, 0.1) is 0 Å². The van der Waals surface area contributed by atoms with Crippen molar-refractivity contribution < 1.29 is 19.1 Å². The highest BCUT2D eigenvalue weighted by Gasteiger charge is 2.37. The Bertz CT molecular complexity index is 725. The van der Waals surface area contributed by atoms with Crippen molar-refractivity contribution in [2.75, 3.05) is 31.1 Å². The predicted molar refractivity (Wildman–Crippen MR) is 95.0 cm³/mol. The van der Waals surface area contributed by atoms with Crippen molar-refractivity contribution in [2.45, 2.75) is 37.7 Å². The Labute approximate surface area is 152 Å². The molecule has 138 valence electrons. The lowest BCUT2D eigenvalue weighted by atomic mass is 9.92. The van der Waals surface area contributed by atoms with Crippen molar-refractivity contribution in [1.82, 2.24) is 10.2 Å². The lowest BCUT2D eigenvalue weighted by Crippen LogP contribution is -2.34. The molecular weight excluding hydrogens is 334 g/mol. The van der Waals surface area contributed by atoms with Crippen LogP contribution in [0.4, 0.5) is 10.5 Å². The van der Waals surface area contributed by atoms with Gasteiger partial charge in [0, 0.05) is 30.9 Å². The molecule has 7 nitrogen and oxygen atoms in total. The molecule has 3 fully saturated rings. The molecule has 4 rings (SSSR count). The molecule has 26 heavy (non-hydrogen) atoms. The van der Waals surface area contributed by atoms with Crippen molar-refractivity contribution >= 4 is 23.5 Å². The highest BCUT2D eigenvalue weighted by atomic mass is 16.5. The molecule has 4 amide bonds. The summed E-state index contributed by atoms with van der Waals surface area (Å²) in [7, 11) is 0. The van der Waals surface area contributed by atoms with Crippen molar-refractivity contribution in [3.05, 3.63) is 29.8 Å². The van der Waals surface area contributed by atoms with Gasteiger partial charge >= 0.3 is 6.03 Å². The maximum atomic E-state index is 12.8. The number of likely N-dealkylation sites (tertiary alicyclic amines) is 1. The molecule has 7 heteroatoms. The van der Waals surface area contributed by atoms with Gasteiger partial charge in [0.1, 0.15) is 6.54 Å². The summed E-state index contributed by atoms with van der Waals surface area (Å²) >= 11 is 0. The Kier molecular flexibility index (Phi) is 4.40. The van der Waals surface area contributed by atoms with Crippen molar-refractivity contribution in [2.24, 2.45) is 0 Å². The average Bonchev–Trinajstić information content (AvgIpc) is 3.16. The Hall–Kier alpha value is -2.41. The third-order valence-corrected chi connectivity index (χ3v) is 5.59. The van der Waals surface area contributed by atoms with E-state index in [4.69, 9.17) is 4.74 Å². The molecule has 1 N–H and O–H groups in total. The van der Waals surface area contributed by atoms with Gasteiger partial charge < -0.3 is 9.64 Å². The molecule has 0 saturated carbocycles. The Morgan fingerprint density at radius 3 is 2.46 bits per heavy atom. The van der Waals surface area contributed by atoms with Crippen molar-refractivity contribution in [3.8, 4) is 0 Å². The molecule has 3 aliphatic rings. The normalized spacial score (nSPS) is 26.3. The molecule has 1 aromatic carbocycles. The number of imide groups is 1. The van der Waals surface area contributed by atoms with Gasteiger partial charge in [0.2, 0.25) is 5.91 Å². The molecule has 1 spiro atoms. The Morgan fingerprint density at radius 2 is 1.81 bits per heavy atom. The van der Waals surface area contributed by atoms with Crippen LogP contribution >= 0.6 is 0 Å². The van der Waals surface area contributed by atoms with Gasteiger partial charge in [-0.2, -0.15) is 0 Å². The highest BCUT2D eigenvalue weighted by molar-refractivity contribution is 6.12. The molecule has 0 aliphatic carbocycles. The minimum absolute atomic E-state index is 0.00791. The average molecular weight is 357 g/mol. The van der Waals surface area contributed by atoms with Gasteiger partial charge in [-0.3, -0.25) is 19.8 Å². The van der Waals surface area contributed by atoms with Crippen LogP contribution in [-0.4, -0.2) is 54.6 Å². The van der Waals surface area contributed by atoms with Gasteiger partial charge in [-0.25, -0.2) is 4.79 Å². The molecule has 0 bridgehead atoms. The first-order chi connectivity index (χ1) is 12.6. The summed E-state index contributed by atoms with van der Waals surface area (Å²) in [5.41, 5.74) is 1.19. The number of carbonyl (C=O) groups excluding carboxylic acids is 3. The second-order valence-electron chi connectivity index (χ2n) is 7.27. The smallest absolute Gasteiger partial charge is 0.329 e. The zero-order valence-corrected chi connectivity index (χ0v) is 14.7. The van der Waals surface area contributed by atoms with Crippen LogP contribution in [0.3, 0.4) is 0 Å². The largest absolute Gasteiger partial charge is 0.375 e. The van der Waals surface area contributed by atoms with E-state index in [1.54, 1.807) is 24.3 Å². The summed E-state index contributed by atoms with van der Waals surface area (Å²) in [4.78, 5) is 39.1. The van der Waals surface area contributed by atoms with Gasteiger partial charge in [0.25, 0.3) is 5.91 Å². The highest BCUT2D eigenvalue weighted by Crippen LogP contribution is 2.35. The summed E-state index contributed by atoms with van der Waals surface area (Å²) in [5, 5.41) is 2.25. The first-order valence-electron chi connectivity index (χ1n) is 9.21. The number of ether oxygens (including phenoxy) is 1. The van der Waals surface area contributed by atoms with Crippen LogP contribution in [0.1, 0.15) is 42.5 Å². The molecule has 1 unspecified atom stereocenters. The lowest BCUT2D eigenvalue weighted by Gasteiger charge is -2.27. The van der Waals surface area contributed by atoms with E-state index in [0.717, 1.165) is 45.3 Å². The number of hydrogen-bond donors (Lipinski definition) is 1. The van der Waals surface area contributed by atoms with E-state index in [0.29, 0.717) is 17.8 Å². The van der Waals surface area contributed by atoms with E-state index in [2.05, 4.69) is 5.32 Å². The Balaban J connectivity index is 1.43. The van der Waals surface area contributed by atoms with E-state index in [-0.39, 0.29) is 24.0 Å². The number of benzene rings is 1. The summed E-state index contributed by atoms with van der Waals surface area (Å²) in [6, 6.07) is 6.44. The third-order valence-electron chi connectivity index (χ3n) is 5.59. The summed E-state index contributed by atoms with van der Waals surface area (Å²) in [6.45, 7) is 2.31. The first-order valence-corrected chi connectivity index (χ1v) is 9.21. The number of amides is 4. The standard InChI is InChI=1S/C19H23N3O4/c23-16-13-22(18(25)20-16)15-5-3-14(4-6-15)17(24)21-10-1-7-19(9-11-21)8-2-12-26-19/h3-6H,1-2,7-13H2,(H,20,23,25). The van der Waals surface area contributed by atoms with Gasteiger partial charge in [-0.05, 0) is 56.4 Å². The fourth-order valence-corrected chi connectivity index (χ4v) is 4.14. The quantitative estimate of drug-likeness (QED) is 0.820. The van der Waals surface area contributed by atoms with E-state index in [9.17, 15) is 14.4 Å². The van der Waals surface area contributed by atoms with Crippen LogP contribution in [0.5, 0.6) is 0 Å². The number of carbonyl (C=O) groups is 3. The molecule has 0 radical (unpaired) electrons. The fraction of sp³-hybridized carbons (Fsp3) is 0.526. The van der Waals surface area contributed by atoms with Crippen LogP contribution < -0.4 is 10.2 Å². The zero-order valence-electron chi connectivity index (χ0n) is 14.7. The number of nitrogens with zero attached hydrogens (tertiary/aromatic N) is 2. The summed E-state index contributed by atoms with van der Waals surface area (Å²) in [5.74, 6) is -0.309. The second kappa shape index (κ2) is 6.72. The van der Waals surface area contributed by atoms with E-state index in [1.165, 1.54) is 4.90 Å². The maximum Gasteiger partial charge on any atom is 0.329 e. The SMILES string of the molecule is O=C1CN(c2ccc(C(=O)N3CCCC4(CCCO4)CC3)cc2)C(=O)N1. The molecule has 0 aromatic heterocycles. The molecular formula is C19H23N3O4. The fourth-order valence-electron chi connectivity index (χ4n) is 4.14. The molecule has 1 atom stereocenters. The van der Waals surface area contributed by atoms with E-state index >= 15 is 0 Å². The minimum Gasteiger partial charge on any atom is -0.375 e. The van der Waals surface area contributed by atoms with Gasteiger partial charge in [0.15, 0.2) is 0 Å². The van der Waals surface area contributed by atoms with Gasteiger partial charge in [-0.1, -0.05) is 0 Å².